The van der Waals surface area contributed by atoms with E-state index < -0.39 is 11.9 Å². The summed E-state index contributed by atoms with van der Waals surface area (Å²) < 4.78 is 11.9. The molecule has 0 spiro atoms. The van der Waals surface area contributed by atoms with Gasteiger partial charge in [-0.1, -0.05) is 20.8 Å². The van der Waals surface area contributed by atoms with Crippen molar-refractivity contribution in [2.24, 2.45) is 0 Å². The first-order valence-electron chi connectivity index (χ1n) is 14.5. The zero-order valence-corrected chi connectivity index (χ0v) is 27.3. The molecule has 3 N–H and O–H groups in total. The number of benzene rings is 1. The SMILES string of the molecule is Br.CCOc1cc2c(nc1C(=O)NC)C(=N)N(CC(=O)c1cc(N3CCCC3)c(OCCCC(=O)O)c(C(C)(C)C)c1)C2. The fourth-order valence-electron chi connectivity index (χ4n) is 5.31. The highest BCUT2D eigenvalue weighted by molar-refractivity contribution is 8.93. The number of ether oxygens (including phenoxy) is 2. The first-order chi connectivity index (χ1) is 19.9. The highest BCUT2D eigenvalue weighted by atomic mass is 79.9. The maximum atomic E-state index is 13.8. The number of amidine groups is 1. The van der Waals surface area contributed by atoms with Crippen LogP contribution in [0, 0.1) is 5.41 Å². The average Bonchev–Trinajstić information content (AvgIpc) is 3.58. The molecule has 1 amide bonds. The van der Waals surface area contributed by atoms with Gasteiger partial charge < -0.3 is 29.7 Å². The Morgan fingerprint density at radius 3 is 2.42 bits per heavy atom. The molecule has 0 saturated carbocycles. The molecular formula is C31H42BrN5O6. The molecular weight excluding hydrogens is 618 g/mol. The maximum absolute atomic E-state index is 13.8. The molecule has 11 nitrogen and oxygen atoms in total. The van der Waals surface area contributed by atoms with E-state index in [0.717, 1.165) is 42.7 Å². The van der Waals surface area contributed by atoms with E-state index in [4.69, 9.17) is 20.0 Å². The molecule has 1 saturated heterocycles. The third kappa shape index (κ3) is 7.65. The lowest BCUT2D eigenvalue weighted by Crippen LogP contribution is -2.31. The lowest BCUT2D eigenvalue weighted by atomic mass is 9.84. The lowest BCUT2D eigenvalue weighted by Gasteiger charge is -2.30. The molecule has 0 unspecified atom stereocenters. The summed E-state index contributed by atoms with van der Waals surface area (Å²) in [7, 11) is 1.51. The molecule has 234 valence electrons. The van der Waals surface area contributed by atoms with E-state index >= 15 is 0 Å². The van der Waals surface area contributed by atoms with Crippen molar-refractivity contribution in [2.75, 3.05) is 44.8 Å². The Morgan fingerprint density at radius 1 is 1.12 bits per heavy atom. The van der Waals surface area contributed by atoms with Crippen molar-refractivity contribution in [1.29, 1.82) is 5.41 Å². The minimum absolute atomic E-state index is 0. The molecule has 1 aromatic heterocycles. The summed E-state index contributed by atoms with van der Waals surface area (Å²) in [6, 6.07) is 5.48. The Kier molecular flexibility index (Phi) is 11.2. The molecule has 1 aromatic carbocycles. The van der Waals surface area contributed by atoms with E-state index in [0.29, 0.717) is 42.3 Å². The molecule has 0 bridgehead atoms. The second-order valence-corrected chi connectivity index (χ2v) is 11.6. The van der Waals surface area contributed by atoms with E-state index in [2.05, 4.69) is 36.0 Å². The van der Waals surface area contributed by atoms with Gasteiger partial charge in [0.15, 0.2) is 17.2 Å². The second kappa shape index (κ2) is 14.2. The molecule has 2 aliphatic rings. The number of aliphatic carboxylic acids is 1. The molecule has 12 heteroatoms. The number of nitrogens with one attached hydrogen (secondary N) is 2. The summed E-state index contributed by atoms with van der Waals surface area (Å²) in [6.45, 7) is 10.6. The number of amides is 1. The largest absolute Gasteiger partial charge is 0.491 e. The van der Waals surface area contributed by atoms with Crippen molar-refractivity contribution in [2.45, 2.75) is 65.3 Å². The summed E-state index contributed by atoms with van der Waals surface area (Å²) >= 11 is 0. The summed E-state index contributed by atoms with van der Waals surface area (Å²) in [5, 5.41) is 20.4. The average molecular weight is 661 g/mol. The smallest absolute Gasteiger partial charge is 0.303 e. The third-order valence-corrected chi connectivity index (χ3v) is 7.47. The van der Waals surface area contributed by atoms with Crippen LogP contribution < -0.4 is 19.7 Å². The Hall–Kier alpha value is -3.67. The predicted octanol–water partition coefficient (Wildman–Crippen LogP) is 4.58. The lowest BCUT2D eigenvalue weighted by molar-refractivity contribution is -0.137. The number of rotatable bonds is 12. The van der Waals surface area contributed by atoms with Gasteiger partial charge in [0, 0.05) is 49.8 Å². The van der Waals surface area contributed by atoms with Crippen LogP contribution in [0.25, 0.3) is 0 Å². The quantitative estimate of drug-likeness (QED) is 0.220. The minimum atomic E-state index is -0.862. The Labute approximate surface area is 263 Å². The number of hydrogen-bond donors (Lipinski definition) is 3. The van der Waals surface area contributed by atoms with Crippen LogP contribution in [0.4, 0.5) is 5.69 Å². The number of anilines is 1. The van der Waals surface area contributed by atoms with Crippen LogP contribution in [0.15, 0.2) is 18.2 Å². The first-order valence-corrected chi connectivity index (χ1v) is 14.5. The number of Topliss-reactive ketones (excluding diaryl/α,β-unsaturated/α-hetero) is 1. The Morgan fingerprint density at radius 2 is 1.81 bits per heavy atom. The number of hydrogen-bond acceptors (Lipinski definition) is 8. The van der Waals surface area contributed by atoms with Crippen molar-refractivity contribution in [1.82, 2.24) is 15.2 Å². The van der Waals surface area contributed by atoms with Gasteiger partial charge in [-0.2, -0.15) is 0 Å². The van der Waals surface area contributed by atoms with Crippen LogP contribution in [0.3, 0.4) is 0 Å². The number of pyridine rings is 1. The van der Waals surface area contributed by atoms with E-state index in [9.17, 15) is 14.4 Å². The molecule has 43 heavy (non-hydrogen) atoms. The van der Waals surface area contributed by atoms with Crippen molar-refractivity contribution in [3.05, 3.63) is 46.3 Å². The van der Waals surface area contributed by atoms with Crippen molar-refractivity contribution < 1.29 is 29.0 Å². The fraction of sp³-hybridized carbons (Fsp3) is 0.516. The summed E-state index contributed by atoms with van der Waals surface area (Å²) in [6.07, 6.45) is 2.49. The van der Waals surface area contributed by atoms with Crippen LogP contribution in [0.5, 0.6) is 11.5 Å². The summed E-state index contributed by atoms with van der Waals surface area (Å²) in [4.78, 5) is 45.6. The highest BCUT2D eigenvalue weighted by Gasteiger charge is 2.32. The molecule has 0 radical (unpaired) electrons. The zero-order chi connectivity index (χ0) is 30.6. The molecule has 2 aliphatic heterocycles. The van der Waals surface area contributed by atoms with Crippen LogP contribution >= 0.6 is 17.0 Å². The van der Waals surface area contributed by atoms with Crippen molar-refractivity contribution in [3.63, 3.8) is 0 Å². The van der Waals surface area contributed by atoms with Gasteiger partial charge in [0.25, 0.3) is 5.91 Å². The van der Waals surface area contributed by atoms with Gasteiger partial charge in [0.2, 0.25) is 0 Å². The molecule has 1 fully saturated rings. The van der Waals surface area contributed by atoms with Crippen molar-refractivity contribution in [3.8, 4) is 11.5 Å². The number of fused-ring (bicyclic) bond motifs is 1. The van der Waals surface area contributed by atoms with E-state index in [-0.39, 0.29) is 59.3 Å². The fourth-order valence-corrected chi connectivity index (χ4v) is 5.31. The zero-order valence-electron chi connectivity index (χ0n) is 25.5. The van der Waals surface area contributed by atoms with Gasteiger partial charge in [-0.3, -0.25) is 19.8 Å². The topological polar surface area (TPSA) is 145 Å². The van der Waals surface area contributed by atoms with Crippen molar-refractivity contribution >= 4 is 46.2 Å². The Balaban J connectivity index is 0.00000506. The standard InChI is InChI=1S/C31H41N5O6.BrH/c1-6-41-24-16-20-17-36(29(32)26(20)34-27(24)30(40)33-5)18-23(37)19-14-21(31(2,3)4)28(42-13-9-10-25(38)39)22(15-19)35-11-7-8-12-35;/h14-16,32H,6-13,17-18H2,1-5H3,(H,33,40)(H,38,39);1H. The predicted molar refractivity (Wildman–Crippen MR) is 170 cm³/mol. The third-order valence-electron chi connectivity index (χ3n) is 7.47. The monoisotopic (exact) mass is 659 g/mol. The van der Waals surface area contributed by atoms with Crippen LogP contribution in [-0.4, -0.2) is 78.4 Å². The molecule has 3 heterocycles. The summed E-state index contributed by atoms with van der Waals surface area (Å²) in [5.41, 5.74) is 3.10. The van der Waals surface area contributed by atoms with Crippen LogP contribution in [0.1, 0.15) is 91.0 Å². The van der Waals surface area contributed by atoms with E-state index in [1.165, 1.54) is 7.05 Å². The number of ketones is 1. The minimum Gasteiger partial charge on any atom is -0.491 e. The van der Waals surface area contributed by atoms with Gasteiger partial charge in [-0.15, -0.1) is 17.0 Å². The normalized spacial score (nSPS) is 14.3. The number of nitrogens with zero attached hydrogens (tertiary/aromatic N) is 3. The highest BCUT2D eigenvalue weighted by Crippen LogP contribution is 2.42. The van der Waals surface area contributed by atoms with Gasteiger partial charge in [-0.25, -0.2) is 4.98 Å². The van der Waals surface area contributed by atoms with Gasteiger partial charge in [0.05, 0.1) is 25.4 Å². The van der Waals surface area contributed by atoms with Crippen LogP contribution in [0.2, 0.25) is 0 Å². The number of aromatic nitrogens is 1. The van der Waals surface area contributed by atoms with E-state index in [1.807, 2.05) is 19.1 Å². The summed E-state index contributed by atoms with van der Waals surface area (Å²) in [5.74, 6) is -0.284. The van der Waals surface area contributed by atoms with Crippen LogP contribution in [-0.2, 0) is 16.8 Å². The van der Waals surface area contributed by atoms with Gasteiger partial charge >= 0.3 is 5.97 Å². The number of carbonyl (C=O) groups excluding carboxylic acids is 2. The number of carboxylic acids is 1. The first kappa shape index (κ1) is 33.8. The molecule has 2 aromatic rings. The number of carbonyl (C=O) groups is 3. The van der Waals surface area contributed by atoms with E-state index in [1.54, 1.807) is 11.0 Å². The number of halogens is 1. The number of carboxylic acid groups (broad SMARTS) is 1. The Bertz CT molecular complexity index is 1380. The second-order valence-electron chi connectivity index (χ2n) is 11.6. The molecule has 0 aliphatic carbocycles. The molecule has 0 atom stereocenters. The maximum Gasteiger partial charge on any atom is 0.303 e. The molecule has 4 rings (SSSR count). The van der Waals surface area contributed by atoms with Gasteiger partial charge in [0.1, 0.15) is 17.3 Å². The van der Waals surface area contributed by atoms with Gasteiger partial charge in [-0.05, 0) is 49.8 Å².